The zero-order chi connectivity index (χ0) is 19.2. The lowest BCUT2D eigenvalue weighted by Crippen LogP contribution is -2.73. The normalized spacial score (nSPS) is 39.6. The van der Waals surface area contributed by atoms with Crippen LogP contribution in [0.25, 0.3) is 0 Å². The fourth-order valence-corrected chi connectivity index (χ4v) is 8.76. The van der Waals surface area contributed by atoms with Gasteiger partial charge in [-0.1, -0.05) is 39.8 Å². The number of nitriles is 1. The van der Waals surface area contributed by atoms with E-state index in [0.29, 0.717) is 6.42 Å². The summed E-state index contributed by atoms with van der Waals surface area (Å²) in [6, 6.07) is 8.45. The van der Waals surface area contributed by atoms with Gasteiger partial charge in [-0.3, -0.25) is 9.59 Å². The van der Waals surface area contributed by atoms with Crippen LogP contribution in [0.3, 0.4) is 0 Å². The van der Waals surface area contributed by atoms with E-state index in [1.54, 1.807) is 16.8 Å². The molecule has 1 aromatic carbocycles. The average molecular weight is 400 g/mol. The first kappa shape index (κ1) is 17.4. The van der Waals surface area contributed by atoms with Crippen molar-refractivity contribution < 1.29 is 9.59 Å². The van der Waals surface area contributed by atoms with E-state index < -0.39 is 21.2 Å². The SMILES string of the molecule is CN1C(=O)C23C[C@](C)(C#N)[C@@H](c4ccc5c(c4)CCC5)N2C(=O)C1(C)SS3. The summed E-state index contributed by atoms with van der Waals surface area (Å²) in [5.74, 6) is -0.115. The minimum Gasteiger partial charge on any atom is -0.319 e. The van der Waals surface area contributed by atoms with Crippen molar-refractivity contribution in [1.82, 2.24) is 9.80 Å². The molecule has 140 valence electrons. The van der Waals surface area contributed by atoms with E-state index in [1.807, 2.05) is 13.8 Å². The van der Waals surface area contributed by atoms with Gasteiger partial charge in [0.1, 0.15) is 0 Å². The molecule has 27 heavy (non-hydrogen) atoms. The number of benzene rings is 1. The quantitative estimate of drug-likeness (QED) is 0.678. The third kappa shape index (κ3) is 1.93. The highest BCUT2D eigenvalue weighted by Crippen LogP contribution is 2.69. The summed E-state index contributed by atoms with van der Waals surface area (Å²) < 4.78 is 0. The molecule has 2 amide bonds. The van der Waals surface area contributed by atoms with Gasteiger partial charge in [-0.2, -0.15) is 5.26 Å². The molecule has 5 aliphatic rings. The summed E-state index contributed by atoms with van der Waals surface area (Å²) in [5.41, 5.74) is 2.87. The van der Waals surface area contributed by atoms with Gasteiger partial charge in [-0.25, -0.2) is 0 Å². The number of likely N-dealkylation sites (N-methyl/N-ethyl adjacent to an activating group) is 1. The first-order valence-corrected chi connectivity index (χ1v) is 11.4. The molecule has 5 nitrogen and oxygen atoms in total. The van der Waals surface area contributed by atoms with Crippen LogP contribution >= 0.6 is 21.6 Å². The van der Waals surface area contributed by atoms with Crippen LogP contribution in [0.4, 0.5) is 0 Å². The molecule has 6 rings (SSSR count). The molecule has 1 spiro atoms. The third-order valence-corrected chi connectivity index (χ3v) is 10.5. The van der Waals surface area contributed by atoms with Gasteiger partial charge < -0.3 is 9.80 Å². The second-order valence-corrected chi connectivity index (χ2v) is 11.3. The minimum absolute atomic E-state index is 0.0570. The first-order chi connectivity index (χ1) is 12.8. The summed E-state index contributed by atoms with van der Waals surface area (Å²) in [6.07, 6.45) is 3.65. The molecular formula is C20H21N3O2S2. The van der Waals surface area contributed by atoms with E-state index in [2.05, 4.69) is 24.3 Å². The lowest BCUT2D eigenvalue weighted by Gasteiger charge is -2.57. The number of amides is 2. The van der Waals surface area contributed by atoms with Crippen LogP contribution < -0.4 is 0 Å². The average Bonchev–Trinajstić information content (AvgIpc) is 3.23. The van der Waals surface area contributed by atoms with Crippen molar-refractivity contribution >= 4 is 33.4 Å². The molecule has 4 heterocycles. The minimum atomic E-state index is -0.984. The zero-order valence-electron chi connectivity index (χ0n) is 15.6. The standard InChI is InChI=1S/C20H21N3O2S2/c1-18(11-21)10-20-17(25)22(3)19(2,26-27-20)16(24)23(20)15(18)14-8-7-12-5-4-6-13(12)9-14/h7-9,15H,4-6,10H2,1-3H3/t15-,18-,19?,20?/m1/s1. The predicted octanol–water partition coefficient (Wildman–Crippen LogP) is 3.26. The smallest absolute Gasteiger partial charge is 0.261 e. The van der Waals surface area contributed by atoms with Crippen LogP contribution in [0.2, 0.25) is 0 Å². The maximum atomic E-state index is 13.6. The Morgan fingerprint density at radius 2 is 1.89 bits per heavy atom. The lowest BCUT2D eigenvalue weighted by atomic mass is 9.79. The number of aryl methyl sites for hydroxylation is 2. The molecule has 0 aromatic heterocycles. The third-order valence-electron chi connectivity index (χ3n) is 6.79. The van der Waals surface area contributed by atoms with Crippen molar-refractivity contribution in [1.29, 1.82) is 5.26 Å². The highest BCUT2D eigenvalue weighted by molar-refractivity contribution is 8.78. The van der Waals surface area contributed by atoms with E-state index in [-0.39, 0.29) is 11.8 Å². The second kappa shape index (κ2) is 5.24. The molecule has 4 atom stereocenters. The molecule has 0 saturated carbocycles. The van der Waals surface area contributed by atoms with Gasteiger partial charge in [0.25, 0.3) is 11.8 Å². The van der Waals surface area contributed by atoms with Gasteiger partial charge in [0.05, 0.1) is 17.5 Å². The molecule has 4 saturated heterocycles. The number of piperazine rings is 1. The summed E-state index contributed by atoms with van der Waals surface area (Å²) in [6.45, 7) is 3.72. The molecule has 0 radical (unpaired) electrons. The van der Waals surface area contributed by atoms with E-state index in [9.17, 15) is 14.9 Å². The Morgan fingerprint density at radius 1 is 1.15 bits per heavy atom. The van der Waals surface area contributed by atoms with E-state index in [4.69, 9.17) is 0 Å². The molecule has 1 aliphatic carbocycles. The molecular weight excluding hydrogens is 378 g/mol. The number of rotatable bonds is 1. The Morgan fingerprint density at radius 3 is 2.63 bits per heavy atom. The van der Waals surface area contributed by atoms with Crippen LogP contribution in [0, 0.1) is 16.7 Å². The summed E-state index contributed by atoms with van der Waals surface area (Å²) >= 11 is 0. The number of carbonyl (C=O) groups excluding carboxylic acids is 2. The first-order valence-electron chi connectivity index (χ1n) is 9.29. The van der Waals surface area contributed by atoms with Gasteiger partial charge in [0.2, 0.25) is 0 Å². The molecule has 2 unspecified atom stereocenters. The second-order valence-electron chi connectivity index (χ2n) is 8.46. The Labute approximate surface area is 166 Å². The number of hydrogen-bond acceptors (Lipinski definition) is 5. The fraction of sp³-hybridized carbons (Fsp3) is 0.550. The largest absolute Gasteiger partial charge is 0.319 e. The Hall–Kier alpha value is -1.65. The molecule has 0 N–H and O–H groups in total. The summed E-state index contributed by atoms with van der Waals surface area (Å²) in [7, 11) is 4.63. The maximum absolute atomic E-state index is 13.6. The lowest BCUT2D eigenvalue weighted by molar-refractivity contribution is -0.164. The van der Waals surface area contributed by atoms with Crippen molar-refractivity contribution in [2.45, 2.75) is 55.3 Å². The van der Waals surface area contributed by atoms with Gasteiger partial charge in [0, 0.05) is 13.5 Å². The van der Waals surface area contributed by atoms with Gasteiger partial charge >= 0.3 is 0 Å². The van der Waals surface area contributed by atoms with Crippen LogP contribution in [-0.2, 0) is 22.4 Å². The van der Waals surface area contributed by atoms with E-state index >= 15 is 0 Å². The van der Waals surface area contributed by atoms with Gasteiger partial charge in [-0.05, 0) is 49.8 Å². The molecule has 4 fully saturated rings. The molecule has 7 heteroatoms. The number of nitrogens with zero attached hydrogens (tertiary/aromatic N) is 3. The van der Waals surface area contributed by atoms with Crippen LogP contribution in [0.15, 0.2) is 18.2 Å². The summed E-state index contributed by atoms with van der Waals surface area (Å²) in [5, 5.41) is 10.1. The Kier molecular flexibility index (Phi) is 3.38. The molecule has 4 aliphatic heterocycles. The maximum Gasteiger partial charge on any atom is 0.261 e. The zero-order valence-corrected chi connectivity index (χ0v) is 17.2. The van der Waals surface area contributed by atoms with Crippen LogP contribution in [0.1, 0.15) is 49.4 Å². The summed E-state index contributed by atoms with van der Waals surface area (Å²) in [4.78, 5) is 28.3. The monoisotopic (exact) mass is 399 g/mol. The van der Waals surface area contributed by atoms with Gasteiger partial charge in [0.15, 0.2) is 9.74 Å². The van der Waals surface area contributed by atoms with E-state index in [0.717, 1.165) is 24.8 Å². The van der Waals surface area contributed by atoms with E-state index in [1.165, 1.54) is 32.7 Å². The van der Waals surface area contributed by atoms with Crippen molar-refractivity contribution in [2.75, 3.05) is 7.05 Å². The number of carbonyl (C=O) groups is 2. The Balaban J connectivity index is 1.71. The number of fused-ring (bicyclic) bond motifs is 3. The molecule has 2 bridgehead atoms. The van der Waals surface area contributed by atoms with Gasteiger partial charge in [-0.15, -0.1) is 0 Å². The van der Waals surface area contributed by atoms with Crippen LogP contribution in [0.5, 0.6) is 0 Å². The Bertz CT molecular complexity index is 944. The number of hydrogen-bond donors (Lipinski definition) is 0. The molecule has 1 aromatic rings. The van der Waals surface area contributed by atoms with Crippen molar-refractivity contribution in [3.05, 3.63) is 34.9 Å². The highest BCUT2D eigenvalue weighted by atomic mass is 33.1. The van der Waals surface area contributed by atoms with Crippen LogP contribution in [-0.4, -0.2) is 38.4 Å². The predicted molar refractivity (Wildman–Crippen MR) is 105 cm³/mol. The van der Waals surface area contributed by atoms with Crippen molar-refractivity contribution in [3.63, 3.8) is 0 Å². The fourth-order valence-electron chi connectivity index (χ4n) is 5.18. The topological polar surface area (TPSA) is 64.4 Å². The van der Waals surface area contributed by atoms with Crippen molar-refractivity contribution in [2.24, 2.45) is 5.41 Å². The van der Waals surface area contributed by atoms with Crippen molar-refractivity contribution in [3.8, 4) is 6.07 Å². The highest BCUT2D eigenvalue weighted by Gasteiger charge is 2.74.